The van der Waals surface area contributed by atoms with Crippen LogP contribution in [0.5, 0.6) is 17.2 Å². The number of hydrogen-bond acceptors (Lipinski definition) is 8. The fraction of sp³-hybridized carbons (Fsp3) is 0.553. The van der Waals surface area contributed by atoms with Gasteiger partial charge in [0.15, 0.2) is 22.8 Å². The second-order valence-corrected chi connectivity index (χ2v) is 15.3. The van der Waals surface area contributed by atoms with E-state index in [0.717, 1.165) is 12.0 Å². The van der Waals surface area contributed by atoms with Crippen LogP contribution in [0.1, 0.15) is 115 Å². The van der Waals surface area contributed by atoms with Crippen LogP contribution in [0.2, 0.25) is 0 Å². The molecule has 3 heterocycles. The van der Waals surface area contributed by atoms with E-state index in [1.54, 1.807) is 6.08 Å². The van der Waals surface area contributed by atoms with Crippen LogP contribution < -0.4 is 9.47 Å². The zero-order valence-corrected chi connectivity index (χ0v) is 28.6. The van der Waals surface area contributed by atoms with Gasteiger partial charge < -0.3 is 29.5 Å². The SMILES string of the molecule is CC(C)=CCC[C@]1(C)C[C@H](O)c2c(O)c3c(c(CC=C(C)C)c2O1)O[C@]12C(=C[C@@H]4C[C@H]1C(C)(C)O[C@@]2(C/C=C(/C)C(=O)O)C4=O)C3=O. The van der Waals surface area contributed by atoms with Crippen molar-refractivity contribution in [3.05, 3.63) is 63.3 Å². The third-order valence-corrected chi connectivity index (χ3v) is 10.9. The lowest BCUT2D eigenvalue weighted by Crippen LogP contribution is -2.72. The highest BCUT2D eigenvalue weighted by Gasteiger charge is 2.81. The summed E-state index contributed by atoms with van der Waals surface area (Å²) >= 11 is 0. The number of ether oxygens (including phenoxy) is 3. The molecule has 6 aliphatic rings. The Morgan fingerprint density at radius 3 is 2.32 bits per heavy atom. The van der Waals surface area contributed by atoms with Crippen LogP contribution in [-0.4, -0.2) is 55.3 Å². The minimum Gasteiger partial charge on any atom is -0.506 e. The van der Waals surface area contributed by atoms with Gasteiger partial charge in [0.25, 0.3) is 0 Å². The minimum absolute atomic E-state index is 0.0497. The van der Waals surface area contributed by atoms with Gasteiger partial charge >= 0.3 is 5.97 Å². The maximum absolute atomic E-state index is 14.8. The average Bonchev–Trinajstić information content (AvgIpc) is 3.11. The molecule has 0 unspecified atom stereocenters. The van der Waals surface area contributed by atoms with Crippen LogP contribution in [0.3, 0.4) is 0 Å². The number of carboxylic acids is 1. The monoisotopic (exact) mass is 646 g/mol. The van der Waals surface area contributed by atoms with Gasteiger partial charge in [-0.3, -0.25) is 9.59 Å². The molecule has 1 spiro atoms. The molecule has 9 nitrogen and oxygen atoms in total. The molecule has 1 saturated carbocycles. The zero-order valence-electron chi connectivity index (χ0n) is 28.6. The summed E-state index contributed by atoms with van der Waals surface area (Å²) in [6.45, 7) is 15.1. The fourth-order valence-corrected chi connectivity index (χ4v) is 8.64. The van der Waals surface area contributed by atoms with E-state index in [2.05, 4.69) is 6.08 Å². The number of ketones is 2. The maximum Gasteiger partial charge on any atom is 0.330 e. The molecule has 9 heteroatoms. The van der Waals surface area contributed by atoms with Gasteiger partial charge in [0.05, 0.1) is 17.3 Å². The van der Waals surface area contributed by atoms with Crippen LogP contribution in [0.4, 0.5) is 0 Å². The average molecular weight is 647 g/mol. The first kappa shape index (κ1) is 33.2. The molecule has 4 bridgehead atoms. The molecule has 6 atom stereocenters. The lowest BCUT2D eigenvalue weighted by molar-refractivity contribution is -0.171. The summed E-state index contributed by atoms with van der Waals surface area (Å²) < 4.78 is 20.6. The highest BCUT2D eigenvalue weighted by Crippen LogP contribution is 2.69. The van der Waals surface area contributed by atoms with E-state index in [9.17, 15) is 29.7 Å². The van der Waals surface area contributed by atoms with Crippen LogP contribution in [-0.2, 0) is 20.7 Å². The first-order chi connectivity index (χ1) is 21.9. The molecule has 252 valence electrons. The number of rotatable bonds is 8. The van der Waals surface area contributed by atoms with E-state index in [4.69, 9.17) is 14.2 Å². The Labute approximate surface area is 276 Å². The Kier molecular flexibility index (Phi) is 7.72. The first-order valence-corrected chi connectivity index (χ1v) is 16.5. The molecule has 0 radical (unpaired) electrons. The molecule has 0 amide bonds. The topological polar surface area (TPSA) is 140 Å². The van der Waals surface area contributed by atoms with Gasteiger partial charge in [-0.2, -0.15) is 0 Å². The summed E-state index contributed by atoms with van der Waals surface area (Å²) in [5.41, 5.74) is -1.83. The van der Waals surface area contributed by atoms with Crippen molar-refractivity contribution in [2.75, 3.05) is 0 Å². The van der Waals surface area contributed by atoms with Gasteiger partial charge in [0, 0.05) is 41.4 Å². The summed E-state index contributed by atoms with van der Waals surface area (Å²) in [6.07, 6.45) is 8.28. The molecule has 1 saturated heterocycles. The van der Waals surface area contributed by atoms with Gasteiger partial charge in [-0.15, -0.1) is 0 Å². The van der Waals surface area contributed by atoms with Crippen molar-refractivity contribution >= 4 is 17.5 Å². The van der Waals surface area contributed by atoms with Crippen molar-refractivity contribution in [2.24, 2.45) is 11.8 Å². The quantitative estimate of drug-likeness (QED) is 0.209. The molecule has 3 aliphatic carbocycles. The minimum atomic E-state index is -1.67. The Bertz CT molecular complexity index is 1720. The molecular weight excluding hydrogens is 600 g/mol. The van der Waals surface area contributed by atoms with Crippen molar-refractivity contribution in [2.45, 2.75) is 122 Å². The summed E-state index contributed by atoms with van der Waals surface area (Å²) in [4.78, 5) is 40.9. The number of Topliss-reactive ketones (excluding diaryl/α,β-unsaturated/α-hetero) is 2. The van der Waals surface area contributed by atoms with Crippen molar-refractivity contribution in [3.8, 4) is 17.2 Å². The highest BCUT2D eigenvalue weighted by molar-refractivity contribution is 6.18. The number of hydrogen-bond donors (Lipinski definition) is 3. The number of aliphatic hydroxyl groups is 1. The highest BCUT2D eigenvalue weighted by atomic mass is 16.6. The van der Waals surface area contributed by atoms with Gasteiger partial charge in [-0.05, 0) is 81.1 Å². The number of allylic oxidation sites excluding steroid dienone is 5. The third kappa shape index (κ3) is 4.75. The molecule has 3 N–H and O–H groups in total. The van der Waals surface area contributed by atoms with Crippen molar-refractivity contribution in [1.82, 2.24) is 0 Å². The van der Waals surface area contributed by atoms with Crippen LogP contribution >= 0.6 is 0 Å². The van der Waals surface area contributed by atoms with Crippen LogP contribution in [0.25, 0.3) is 0 Å². The third-order valence-electron chi connectivity index (χ3n) is 10.9. The summed E-state index contributed by atoms with van der Waals surface area (Å²) in [5.74, 6) is -2.90. The normalized spacial score (nSPS) is 32.7. The second kappa shape index (κ2) is 10.9. The predicted octanol–water partition coefficient (Wildman–Crippen LogP) is 6.65. The molecule has 7 rings (SSSR count). The predicted molar refractivity (Wildman–Crippen MR) is 175 cm³/mol. The second-order valence-electron chi connectivity index (χ2n) is 15.3. The van der Waals surface area contributed by atoms with Crippen LogP contribution in [0, 0.1) is 11.8 Å². The number of phenolic OH excluding ortho intramolecular Hbond substituents is 1. The fourth-order valence-electron chi connectivity index (χ4n) is 8.64. The number of benzene rings is 1. The van der Waals surface area contributed by atoms with E-state index in [0.29, 0.717) is 18.4 Å². The smallest absolute Gasteiger partial charge is 0.330 e. The van der Waals surface area contributed by atoms with Gasteiger partial charge in [0.2, 0.25) is 0 Å². The number of carboxylic acid groups (broad SMARTS) is 1. The van der Waals surface area contributed by atoms with Gasteiger partial charge in [0.1, 0.15) is 28.4 Å². The number of aromatic hydroxyl groups is 1. The number of aliphatic hydroxyl groups excluding tert-OH is 1. The van der Waals surface area contributed by atoms with E-state index >= 15 is 0 Å². The Morgan fingerprint density at radius 1 is 1.00 bits per heavy atom. The van der Waals surface area contributed by atoms with Crippen molar-refractivity contribution in [1.29, 1.82) is 0 Å². The Hall–Kier alpha value is -3.69. The Balaban J connectivity index is 1.60. The summed E-state index contributed by atoms with van der Waals surface area (Å²) in [6, 6.07) is 0. The molecule has 0 aromatic heterocycles. The number of phenols is 1. The largest absolute Gasteiger partial charge is 0.506 e. The molecule has 1 aromatic carbocycles. The van der Waals surface area contributed by atoms with Crippen LogP contribution in [0.15, 0.2) is 46.6 Å². The number of carbonyl (C=O) groups is 3. The maximum atomic E-state index is 14.8. The van der Waals surface area contributed by atoms with Gasteiger partial charge in [-0.25, -0.2) is 4.79 Å². The van der Waals surface area contributed by atoms with Crippen molar-refractivity contribution in [3.63, 3.8) is 0 Å². The first-order valence-electron chi connectivity index (χ1n) is 16.5. The standard InChI is InChI=1S/C38H46O9/c1-19(2)10-9-14-36(8)18-25(39)27-30(41)28-29(40)24-16-22-17-26-35(6,7)47-37(33(22)42,15-13-21(5)34(43)44)38(24,26)46-32(28)23(31(27)45-36)12-11-20(3)4/h10-11,13,16,22,25-26,39,41H,9,12,14-15,17-18H2,1-8H3,(H,43,44)/b21-13-/t22-,25+,26+,36-,37+,38-/m1/s1. The van der Waals surface area contributed by atoms with Gasteiger partial charge in [-0.1, -0.05) is 35.5 Å². The molecule has 47 heavy (non-hydrogen) atoms. The molecule has 3 aliphatic heterocycles. The molecule has 1 aromatic rings. The number of carbonyl (C=O) groups excluding carboxylic acids is 2. The number of fused-ring (bicyclic) bond motifs is 2. The van der Waals surface area contributed by atoms with E-state index in [1.165, 1.54) is 18.6 Å². The summed E-state index contributed by atoms with van der Waals surface area (Å²) in [7, 11) is 0. The lowest BCUT2D eigenvalue weighted by atomic mass is 9.51. The molecule has 2 fully saturated rings. The lowest BCUT2D eigenvalue weighted by Gasteiger charge is -2.56. The summed E-state index contributed by atoms with van der Waals surface area (Å²) in [5, 5.41) is 33.0. The van der Waals surface area contributed by atoms with E-state index < -0.39 is 52.1 Å². The van der Waals surface area contributed by atoms with E-state index in [1.807, 2.05) is 54.5 Å². The molecular formula is C38H46O9. The van der Waals surface area contributed by atoms with Crippen molar-refractivity contribution < 1.29 is 43.9 Å². The zero-order chi connectivity index (χ0) is 34.4. The Morgan fingerprint density at radius 2 is 1.68 bits per heavy atom. The van der Waals surface area contributed by atoms with E-state index in [-0.39, 0.29) is 64.6 Å². The number of aliphatic carboxylic acids is 1.